The molecule has 0 spiro atoms. The van der Waals surface area contributed by atoms with Crippen LogP contribution in [0.25, 0.3) is 0 Å². The van der Waals surface area contributed by atoms with E-state index in [-0.39, 0.29) is 5.91 Å². The second-order valence-electron chi connectivity index (χ2n) is 8.34. The van der Waals surface area contributed by atoms with E-state index in [1.807, 2.05) is 29.2 Å². The molecule has 29 heavy (non-hydrogen) atoms. The maximum Gasteiger partial charge on any atom is 0.254 e. The van der Waals surface area contributed by atoms with E-state index in [1.165, 1.54) is 11.1 Å². The van der Waals surface area contributed by atoms with Crippen LogP contribution in [-0.4, -0.2) is 55.1 Å². The zero-order valence-electron chi connectivity index (χ0n) is 17.4. The van der Waals surface area contributed by atoms with Gasteiger partial charge in [-0.2, -0.15) is 0 Å². The third-order valence-corrected chi connectivity index (χ3v) is 5.48. The van der Waals surface area contributed by atoms with Crippen molar-refractivity contribution in [1.29, 1.82) is 0 Å². The van der Waals surface area contributed by atoms with Gasteiger partial charge in [-0.3, -0.25) is 9.69 Å². The van der Waals surface area contributed by atoms with Gasteiger partial charge >= 0.3 is 0 Å². The Kier molecular flexibility index (Phi) is 6.05. The van der Waals surface area contributed by atoms with E-state index in [0.29, 0.717) is 18.1 Å². The highest BCUT2D eigenvalue weighted by Gasteiger charge is 2.23. The van der Waals surface area contributed by atoms with E-state index in [0.717, 1.165) is 57.3 Å². The summed E-state index contributed by atoms with van der Waals surface area (Å²) in [6.45, 7) is 9.90. The molecule has 5 nitrogen and oxygen atoms in total. The number of rotatable bonds is 6. The van der Waals surface area contributed by atoms with Crippen molar-refractivity contribution >= 4 is 5.91 Å². The molecule has 2 aliphatic heterocycles. The SMILES string of the molecule is CC(C)COc1cccc(C(=O)N2CCN(Cc3ccc4c(c3)CCO4)CC2)c1. The molecule has 2 aromatic rings. The van der Waals surface area contributed by atoms with E-state index in [2.05, 4.69) is 36.9 Å². The molecule has 0 bridgehead atoms. The molecule has 0 radical (unpaired) electrons. The van der Waals surface area contributed by atoms with Gasteiger partial charge in [-0.25, -0.2) is 0 Å². The zero-order chi connectivity index (χ0) is 20.2. The molecular weight excluding hydrogens is 364 g/mol. The molecule has 1 fully saturated rings. The quantitative estimate of drug-likeness (QED) is 0.751. The molecule has 2 aromatic carbocycles. The number of carbonyl (C=O) groups excluding carboxylic acids is 1. The fraction of sp³-hybridized carbons (Fsp3) is 0.458. The van der Waals surface area contributed by atoms with Gasteiger partial charge in [0.15, 0.2) is 0 Å². The predicted octanol–water partition coefficient (Wildman–Crippen LogP) is 3.61. The molecule has 0 aromatic heterocycles. The first-order valence-corrected chi connectivity index (χ1v) is 10.6. The van der Waals surface area contributed by atoms with Gasteiger partial charge in [0.2, 0.25) is 0 Å². The number of nitrogens with zero attached hydrogens (tertiary/aromatic N) is 2. The van der Waals surface area contributed by atoms with Gasteiger partial charge in [-0.1, -0.05) is 32.0 Å². The van der Waals surface area contributed by atoms with Gasteiger partial charge in [0.05, 0.1) is 13.2 Å². The first-order chi connectivity index (χ1) is 14.1. The Bertz CT molecular complexity index is 857. The number of ether oxygens (including phenoxy) is 2. The summed E-state index contributed by atoms with van der Waals surface area (Å²) in [4.78, 5) is 17.3. The van der Waals surface area contributed by atoms with Crippen molar-refractivity contribution in [3.05, 3.63) is 59.2 Å². The van der Waals surface area contributed by atoms with Crippen molar-refractivity contribution in [1.82, 2.24) is 9.80 Å². The molecule has 5 heteroatoms. The number of piperazine rings is 1. The third-order valence-electron chi connectivity index (χ3n) is 5.48. The largest absolute Gasteiger partial charge is 0.493 e. The van der Waals surface area contributed by atoms with Crippen LogP contribution in [0.3, 0.4) is 0 Å². The summed E-state index contributed by atoms with van der Waals surface area (Å²) in [7, 11) is 0. The fourth-order valence-electron chi connectivity index (χ4n) is 3.87. The molecule has 0 aliphatic carbocycles. The molecule has 0 N–H and O–H groups in total. The summed E-state index contributed by atoms with van der Waals surface area (Å²) in [5, 5.41) is 0. The second-order valence-corrected chi connectivity index (χ2v) is 8.34. The Morgan fingerprint density at radius 1 is 1.10 bits per heavy atom. The molecule has 154 valence electrons. The zero-order valence-corrected chi connectivity index (χ0v) is 17.4. The van der Waals surface area contributed by atoms with Crippen molar-refractivity contribution in [3.63, 3.8) is 0 Å². The Morgan fingerprint density at radius 2 is 1.93 bits per heavy atom. The smallest absolute Gasteiger partial charge is 0.254 e. The minimum atomic E-state index is 0.0920. The summed E-state index contributed by atoms with van der Waals surface area (Å²) < 4.78 is 11.4. The van der Waals surface area contributed by atoms with Crippen molar-refractivity contribution < 1.29 is 14.3 Å². The first kappa shape index (κ1) is 19.8. The molecule has 0 saturated carbocycles. The van der Waals surface area contributed by atoms with Gasteiger partial charge in [-0.05, 0) is 41.3 Å². The summed E-state index contributed by atoms with van der Waals surface area (Å²) >= 11 is 0. The van der Waals surface area contributed by atoms with Crippen LogP contribution in [0.1, 0.15) is 35.3 Å². The molecule has 1 saturated heterocycles. The Morgan fingerprint density at radius 3 is 2.72 bits per heavy atom. The number of fused-ring (bicyclic) bond motifs is 1. The summed E-state index contributed by atoms with van der Waals surface area (Å²) in [5.74, 6) is 2.35. The van der Waals surface area contributed by atoms with Crippen LogP contribution in [0, 0.1) is 5.92 Å². The van der Waals surface area contributed by atoms with E-state index in [1.54, 1.807) is 0 Å². The van der Waals surface area contributed by atoms with E-state index in [9.17, 15) is 4.79 Å². The molecule has 1 amide bonds. The van der Waals surface area contributed by atoms with Crippen LogP contribution >= 0.6 is 0 Å². The Balaban J connectivity index is 1.31. The standard InChI is InChI=1S/C24H30N2O3/c1-18(2)17-29-22-5-3-4-21(15-22)24(27)26-11-9-25(10-12-26)16-19-6-7-23-20(14-19)8-13-28-23/h3-7,14-15,18H,8-13,16-17H2,1-2H3. The molecule has 2 aliphatic rings. The van der Waals surface area contributed by atoms with Crippen molar-refractivity contribution in [2.24, 2.45) is 5.92 Å². The van der Waals surface area contributed by atoms with Gasteiger partial charge in [-0.15, -0.1) is 0 Å². The Labute approximate surface area is 173 Å². The summed E-state index contributed by atoms with van der Waals surface area (Å²) in [6.07, 6.45) is 1.01. The van der Waals surface area contributed by atoms with Crippen LogP contribution in [-0.2, 0) is 13.0 Å². The molecule has 4 rings (SSSR count). The molecule has 0 atom stereocenters. The number of benzene rings is 2. The van der Waals surface area contributed by atoms with Crippen molar-refractivity contribution in [2.75, 3.05) is 39.4 Å². The number of carbonyl (C=O) groups is 1. The number of hydrogen-bond acceptors (Lipinski definition) is 4. The maximum absolute atomic E-state index is 12.9. The number of amides is 1. The monoisotopic (exact) mass is 394 g/mol. The van der Waals surface area contributed by atoms with Crippen LogP contribution in [0.2, 0.25) is 0 Å². The second kappa shape index (κ2) is 8.87. The minimum Gasteiger partial charge on any atom is -0.493 e. The lowest BCUT2D eigenvalue weighted by Crippen LogP contribution is -2.48. The summed E-state index contributed by atoms with van der Waals surface area (Å²) in [6, 6.07) is 14.1. The third kappa shape index (κ3) is 4.91. The highest BCUT2D eigenvalue weighted by molar-refractivity contribution is 5.94. The highest BCUT2D eigenvalue weighted by atomic mass is 16.5. The van der Waals surface area contributed by atoms with Crippen molar-refractivity contribution in [3.8, 4) is 11.5 Å². The van der Waals surface area contributed by atoms with E-state index < -0.39 is 0 Å². The molecular formula is C24H30N2O3. The normalized spacial score (nSPS) is 16.6. The van der Waals surface area contributed by atoms with Gasteiger partial charge in [0, 0.05) is 44.7 Å². The van der Waals surface area contributed by atoms with Gasteiger partial charge in [0.1, 0.15) is 11.5 Å². The maximum atomic E-state index is 12.9. The lowest BCUT2D eigenvalue weighted by atomic mass is 10.1. The van der Waals surface area contributed by atoms with Crippen molar-refractivity contribution in [2.45, 2.75) is 26.8 Å². The van der Waals surface area contributed by atoms with Crippen LogP contribution in [0.15, 0.2) is 42.5 Å². The predicted molar refractivity (Wildman–Crippen MR) is 114 cm³/mol. The van der Waals surface area contributed by atoms with Crippen LogP contribution in [0.4, 0.5) is 0 Å². The average Bonchev–Trinajstić information content (AvgIpc) is 3.20. The lowest BCUT2D eigenvalue weighted by Gasteiger charge is -2.35. The van der Waals surface area contributed by atoms with Gasteiger partial charge < -0.3 is 14.4 Å². The Hall–Kier alpha value is -2.53. The average molecular weight is 395 g/mol. The van der Waals surface area contributed by atoms with Crippen LogP contribution in [0.5, 0.6) is 11.5 Å². The molecule has 2 heterocycles. The fourth-order valence-corrected chi connectivity index (χ4v) is 3.87. The highest BCUT2D eigenvalue weighted by Crippen LogP contribution is 2.26. The van der Waals surface area contributed by atoms with E-state index in [4.69, 9.17) is 9.47 Å². The molecule has 0 unspecified atom stereocenters. The van der Waals surface area contributed by atoms with Crippen LogP contribution < -0.4 is 9.47 Å². The summed E-state index contributed by atoms with van der Waals surface area (Å²) in [5.41, 5.74) is 3.35. The van der Waals surface area contributed by atoms with Gasteiger partial charge in [0.25, 0.3) is 5.91 Å². The lowest BCUT2D eigenvalue weighted by molar-refractivity contribution is 0.0628. The topological polar surface area (TPSA) is 42.0 Å². The first-order valence-electron chi connectivity index (χ1n) is 10.6. The number of hydrogen-bond donors (Lipinski definition) is 0. The minimum absolute atomic E-state index is 0.0920. The van der Waals surface area contributed by atoms with E-state index >= 15 is 0 Å².